The minimum atomic E-state index is 0.698. The van der Waals surface area contributed by atoms with E-state index in [1.54, 1.807) is 0 Å². The Balaban J connectivity index is 2.33. The summed E-state index contributed by atoms with van der Waals surface area (Å²) in [5.41, 5.74) is 0. The minimum absolute atomic E-state index is 0.698. The first-order valence-electron chi connectivity index (χ1n) is 4.11. The Kier molecular flexibility index (Phi) is 3.05. The van der Waals surface area contributed by atoms with Crippen molar-refractivity contribution in [3.05, 3.63) is 0 Å². The van der Waals surface area contributed by atoms with Crippen LogP contribution in [0.2, 0.25) is 0 Å². The molecule has 2 heteroatoms. The van der Waals surface area contributed by atoms with Crippen molar-refractivity contribution in [3.63, 3.8) is 0 Å². The summed E-state index contributed by atoms with van der Waals surface area (Å²) < 4.78 is 0. The fourth-order valence-corrected chi connectivity index (χ4v) is 2.44. The molecule has 1 aliphatic heterocycles. The second-order valence-electron chi connectivity index (χ2n) is 3.10. The van der Waals surface area contributed by atoms with E-state index in [0.29, 0.717) is 6.04 Å². The highest BCUT2D eigenvalue weighted by Gasteiger charge is 2.22. The maximum absolute atomic E-state index is 3.59. The molecule has 0 saturated carbocycles. The number of hydrogen-bond donors (Lipinski definition) is 1. The number of hydrogen-bond acceptors (Lipinski definition) is 2. The highest BCUT2D eigenvalue weighted by Crippen LogP contribution is 2.21. The zero-order valence-electron chi connectivity index (χ0n) is 7.05. The van der Waals surface area contributed by atoms with Crippen LogP contribution in [-0.4, -0.2) is 23.1 Å². The van der Waals surface area contributed by atoms with Gasteiger partial charge in [-0.3, -0.25) is 0 Å². The number of nitrogens with one attached hydrogen (secondary N) is 1. The first kappa shape index (κ1) is 8.41. The van der Waals surface area contributed by atoms with Crippen molar-refractivity contribution in [3.8, 4) is 0 Å². The van der Waals surface area contributed by atoms with Gasteiger partial charge in [0.25, 0.3) is 0 Å². The topological polar surface area (TPSA) is 12.0 Å². The van der Waals surface area contributed by atoms with Gasteiger partial charge < -0.3 is 5.32 Å². The van der Waals surface area contributed by atoms with E-state index in [1.807, 2.05) is 0 Å². The van der Waals surface area contributed by atoms with Crippen molar-refractivity contribution in [2.75, 3.05) is 5.75 Å². The molecule has 60 valence electrons. The molecular weight excluding hydrogens is 142 g/mol. The smallest absolute Gasteiger partial charge is 0.0170 e. The molecule has 0 aromatic carbocycles. The molecule has 1 N–H and O–H groups in total. The van der Waals surface area contributed by atoms with Crippen LogP contribution in [0.5, 0.6) is 0 Å². The Hall–Kier alpha value is 0.310. The summed E-state index contributed by atoms with van der Waals surface area (Å²) in [6, 6.07) is 1.46. The van der Waals surface area contributed by atoms with Gasteiger partial charge in [0.1, 0.15) is 0 Å². The lowest BCUT2D eigenvalue weighted by Gasteiger charge is -2.32. The van der Waals surface area contributed by atoms with E-state index in [0.717, 1.165) is 11.3 Å². The molecule has 0 bridgehead atoms. The molecule has 3 atom stereocenters. The van der Waals surface area contributed by atoms with Crippen LogP contribution in [0.4, 0.5) is 0 Å². The van der Waals surface area contributed by atoms with Crippen LogP contribution >= 0.6 is 11.8 Å². The van der Waals surface area contributed by atoms with Crippen LogP contribution in [0, 0.1) is 0 Å². The predicted molar refractivity (Wildman–Crippen MR) is 48.6 cm³/mol. The Morgan fingerprint density at radius 3 is 2.70 bits per heavy atom. The average molecular weight is 159 g/mol. The summed E-state index contributed by atoms with van der Waals surface area (Å²) >= 11 is 2.10. The van der Waals surface area contributed by atoms with E-state index in [-0.39, 0.29) is 0 Å². The van der Waals surface area contributed by atoms with Gasteiger partial charge in [-0.15, -0.1) is 0 Å². The fourth-order valence-electron chi connectivity index (χ4n) is 1.20. The third kappa shape index (κ3) is 1.89. The van der Waals surface area contributed by atoms with E-state index in [9.17, 15) is 0 Å². The molecule has 0 amide bonds. The summed E-state index contributed by atoms with van der Waals surface area (Å²) in [7, 11) is 0. The highest BCUT2D eigenvalue weighted by molar-refractivity contribution is 8.00. The van der Waals surface area contributed by atoms with E-state index in [1.165, 1.54) is 12.2 Å². The Morgan fingerprint density at radius 1 is 1.50 bits per heavy atom. The molecule has 0 radical (unpaired) electrons. The van der Waals surface area contributed by atoms with Crippen LogP contribution in [0.3, 0.4) is 0 Å². The SMILES string of the molecule is CCC1CSC(C)C(C)N1. The van der Waals surface area contributed by atoms with E-state index >= 15 is 0 Å². The number of rotatable bonds is 1. The summed E-state index contributed by atoms with van der Waals surface area (Å²) in [4.78, 5) is 0. The van der Waals surface area contributed by atoms with Gasteiger partial charge in [0.2, 0.25) is 0 Å². The quantitative estimate of drug-likeness (QED) is 0.627. The lowest BCUT2D eigenvalue weighted by molar-refractivity contribution is 0.444. The lowest BCUT2D eigenvalue weighted by atomic mass is 10.2. The zero-order valence-corrected chi connectivity index (χ0v) is 7.87. The summed E-state index contributed by atoms with van der Waals surface area (Å²) in [5, 5.41) is 4.39. The fraction of sp³-hybridized carbons (Fsp3) is 1.00. The molecule has 1 aliphatic rings. The average Bonchev–Trinajstić information content (AvgIpc) is 1.95. The van der Waals surface area contributed by atoms with Crippen molar-refractivity contribution >= 4 is 11.8 Å². The maximum Gasteiger partial charge on any atom is 0.0170 e. The lowest BCUT2D eigenvalue weighted by Crippen LogP contribution is -2.47. The molecule has 10 heavy (non-hydrogen) atoms. The summed E-state index contributed by atoms with van der Waals surface area (Å²) in [5.74, 6) is 1.29. The number of thioether (sulfide) groups is 1. The van der Waals surface area contributed by atoms with Gasteiger partial charge in [0, 0.05) is 23.1 Å². The van der Waals surface area contributed by atoms with Gasteiger partial charge in [-0.1, -0.05) is 13.8 Å². The molecule has 0 aliphatic carbocycles. The third-order valence-electron chi connectivity index (χ3n) is 2.26. The van der Waals surface area contributed by atoms with E-state index in [4.69, 9.17) is 0 Å². The van der Waals surface area contributed by atoms with Crippen LogP contribution in [0.1, 0.15) is 27.2 Å². The van der Waals surface area contributed by atoms with Crippen molar-refractivity contribution in [1.29, 1.82) is 0 Å². The molecule has 1 heterocycles. The van der Waals surface area contributed by atoms with Crippen molar-refractivity contribution in [2.45, 2.75) is 44.5 Å². The normalized spacial score (nSPS) is 41.7. The van der Waals surface area contributed by atoms with Gasteiger partial charge in [-0.2, -0.15) is 11.8 Å². The van der Waals surface area contributed by atoms with Gasteiger partial charge in [-0.25, -0.2) is 0 Å². The molecule has 1 nitrogen and oxygen atoms in total. The van der Waals surface area contributed by atoms with Crippen LogP contribution in [-0.2, 0) is 0 Å². The standard InChI is InChI=1S/C8H17NS/c1-4-8-5-10-7(3)6(2)9-8/h6-9H,4-5H2,1-3H3. The van der Waals surface area contributed by atoms with Crippen molar-refractivity contribution in [1.82, 2.24) is 5.32 Å². The molecule has 1 saturated heterocycles. The zero-order chi connectivity index (χ0) is 7.56. The summed E-state index contributed by atoms with van der Waals surface area (Å²) in [6.45, 7) is 6.83. The van der Waals surface area contributed by atoms with E-state index in [2.05, 4.69) is 37.8 Å². The second-order valence-corrected chi connectivity index (χ2v) is 4.51. The largest absolute Gasteiger partial charge is 0.310 e. The van der Waals surface area contributed by atoms with Crippen molar-refractivity contribution < 1.29 is 0 Å². The van der Waals surface area contributed by atoms with E-state index < -0.39 is 0 Å². The van der Waals surface area contributed by atoms with Crippen LogP contribution in [0.15, 0.2) is 0 Å². The Morgan fingerprint density at radius 2 is 2.20 bits per heavy atom. The molecular formula is C8H17NS. The molecule has 1 fully saturated rings. The third-order valence-corrected chi connectivity index (χ3v) is 3.78. The Labute approximate surface area is 68.0 Å². The van der Waals surface area contributed by atoms with Crippen LogP contribution < -0.4 is 5.32 Å². The van der Waals surface area contributed by atoms with Crippen molar-refractivity contribution in [2.24, 2.45) is 0 Å². The first-order chi connectivity index (χ1) is 4.74. The summed E-state index contributed by atoms with van der Waals surface area (Å²) in [6.07, 6.45) is 1.27. The maximum atomic E-state index is 3.59. The second kappa shape index (κ2) is 3.63. The first-order valence-corrected chi connectivity index (χ1v) is 5.16. The molecule has 0 aromatic heterocycles. The molecule has 0 spiro atoms. The Bertz CT molecular complexity index is 105. The monoisotopic (exact) mass is 159 g/mol. The van der Waals surface area contributed by atoms with Gasteiger partial charge in [-0.05, 0) is 13.3 Å². The predicted octanol–water partition coefficient (Wildman–Crippen LogP) is 1.88. The van der Waals surface area contributed by atoms with Gasteiger partial charge in [0.15, 0.2) is 0 Å². The molecule has 1 rings (SSSR count). The minimum Gasteiger partial charge on any atom is -0.310 e. The van der Waals surface area contributed by atoms with Gasteiger partial charge in [0.05, 0.1) is 0 Å². The highest BCUT2D eigenvalue weighted by atomic mass is 32.2. The molecule has 0 aromatic rings. The van der Waals surface area contributed by atoms with Crippen LogP contribution in [0.25, 0.3) is 0 Å². The molecule has 3 unspecified atom stereocenters. The van der Waals surface area contributed by atoms with Gasteiger partial charge >= 0.3 is 0 Å².